The van der Waals surface area contributed by atoms with Gasteiger partial charge in [-0.05, 0) is 62.0 Å². The van der Waals surface area contributed by atoms with E-state index in [2.05, 4.69) is 41.6 Å². The number of aromatic nitrogens is 1. The Hall–Kier alpha value is -2.74. The lowest BCUT2D eigenvalue weighted by atomic mass is 9.83. The fourth-order valence-corrected chi connectivity index (χ4v) is 6.47. The first-order valence-corrected chi connectivity index (χ1v) is 15.1. The highest BCUT2D eigenvalue weighted by molar-refractivity contribution is 7.13. The third-order valence-electron chi connectivity index (χ3n) is 7.92. The number of benzene rings is 1. The van der Waals surface area contributed by atoms with Crippen molar-refractivity contribution in [1.29, 1.82) is 0 Å². The zero-order valence-electron chi connectivity index (χ0n) is 23.0. The zero-order valence-corrected chi connectivity index (χ0v) is 23.8. The van der Waals surface area contributed by atoms with Crippen molar-refractivity contribution in [1.82, 2.24) is 20.5 Å². The average Bonchev–Trinajstić information content (AvgIpc) is 3.59. The zero-order chi connectivity index (χ0) is 27.1. The predicted molar refractivity (Wildman–Crippen MR) is 151 cm³/mol. The van der Waals surface area contributed by atoms with Crippen LogP contribution in [0.5, 0.6) is 0 Å². The maximum atomic E-state index is 13.8. The third-order valence-corrected chi connectivity index (χ3v) is 8.90. The first-order chi connectivity index (χ1) is 18.3. The van der Waals surface area contributed by atoms with Crippen LogP contribution in [0.1, 0.15) is 82.9 Å². The Balaban J connectivity index is 1.38. The summed E-state index contributed by atoms with van der Waals surface area (Å²) in [4.78, 5) is 47.0. The second-order valence-electron chi connectivity index (χ2n) is 11.2. The second kappa shape index (κ2) is 13.4. The summed E-state index contributed by atoms with van der Waals surface area (Å²) in [5.74, 6) is 0.316. The number of thiazole rings is 1. The monoisotopic (exact) mass is 538 g/mol. The fourth-order valence-electron chi connectivity index (χ4n) is 5.66. The molecule has 0 bridgehead atoms. The van der Waals surface area contributed by atoms with Crippen LogP contribution in [-0.2, 0) is 20.9 Å². The number of amides is 3. The molecule has 2 atom stereocenters. The number of nitrogens with zero attached hydrogens (tertiary/aromatic N) is 2. The Morgan fingerprint density at radius 1 is 1.05 bits per heavy atom. The van der Waals surface area contributed by atoms with Gasteiger partial charge in [-0.3, -0.25) is 14.4 Å². The molecule has 1 aliphatic heterocycles. The van der Waals surface area contributed by atoms with E-state index in [9.17, 15) is 14.4 Å². The standard InChI is InChI=1S/C30H42N4O3S/c1-20(2)11-16-26(35)33-27(23-8-5-4-6-9-23)30(37)34-17-7-10-25(34)29(36)31-18-22-12-14-24(15-13-22)28-21(3)32-19-38-28/h12-15,19-20,23,25,27H,4-11,16-18H2,1-3H3,(H,31,36)(H,33,35)/t25-,27-/m0/s1. The summed E-state index contributed by atoms with van der Waals surface area (Å²) in [5, 5.41) is 6.14. The van der Waals surface area contributed by atoms with Crippen LogP contribution in [0.4, 0.5) is 0 Å². The molecule has 2 N–H and O–H groups in total. The van der Waals surface area contributed by atoms with Gasteiger partial charge in [-0.2, -0.15) is 0 Å². The van der Waals surface area contributed by atoms with Gasteiger partial charge < -0.3 is 15.5 Å². The van der Waals surface area contributed by atoms with Crippen molar-refractivity contribution in [3.8, 4) is 10.4 Å². The Labute approximate surface area is 230 Å². The van der Waals surface area contributed by atoms with Gasteiger partial charge in [-0.15, -0.1) is 11.3 Å². The highest BCUT2D eigenvalue weighted by Gasteiger charge is 2.40. The topological polar surface area (TPSA) is 91.4 Å². The number of aryl methyl sites for hydroxylation is 1. The van der Waals surface area contributed by atoms with Gasteiger partial charge in [0.25, 0.3) is 0 Å². The summed E-state index contributed by atoms with van der Waals surface area (Å²) in [6.45, 7) is 7.18. The number of carbonyl (C=O) groups is 3. The van der Waals surface area contributed by atoms with Gasteiger partial charge in [0, 0.05) is 19.5 Å². The van der Waals surface area contributed by atoms with E-state index in [1.54, 1.807) is 16.2 Å². The molecule has 2 aromatic rings. The molecule has 3 amide bonds. The first-order valence-electron chi connectivity index (χ1n) is 14.2. The van der Waals surface area contributed by atoms with Gasteiger partial charge in [-0.1, -0.05) is 57.4 Å². The molecule has 8 heteroatoms. The molecule has 38 heavy (non-hydrogen) atoms. The molecule has 0 unspecified atom stereocenters. The van der Waals surface area contributed by atoms with E-state index in [1.165, 1.54) is 6.42 Å². The van der Waals surface area contributed by atoms with Crippen molar-refractivity contribution in [3.05, 3.63) is 41.0 Å². The van der Waals surface area contributed by atoms with Gasteiger partial charge in [0.2, 0.25) is 17.7 Å². The largest absolute Gasteiger partial charge is 0.350 e. The normalized spacial score (nSPS) is 18.9. The minimum atomic E-state index is -0.536. The Morgan fingerprint density at radius 2 is 1.79 bits per heavy atom. The lowest BCUT2D eigenvalue weighted by Gasteiger charge is -2.34. The minimum Gasteiger partial charge on any atom is -0.350 e. The van der Waals surface area contributed by atoms with Gasteiger partial charge in [-0.25, -0.2) is 4.98 Å². The summed E-state index contributed by atoms with van der Waals surface area (Å²) in [7, 11) is 0. The van der Waals surface area contributed by atoms with Crippen LogP contribution in [0, 0.1) is 18.8 Å². The predicted octanol–water partition coefficient (Wildman–Crippen LogP) is 5.23. The van der Waals surface area contributed by atoms with E-state index < -0.39 is 12.1 Å². The molecule has 1 aromatic heterocycles. The van der Waals surface area contributed by atoms with Crippen molar-refractivity contribution in [2.45, 2.75) is 97.2 Å². The lowest BCUT2D eigenvalue weighted by Crippen LogP contribution is -2.56. The molecule has 2 heterocycles. The quantitative estimate of drug-likeness (QED) is 0.434. The van der Waals surface area contributed by atoms with Crippen molar-refractivity contribution < 1.29 is 14.4 Å². The smallest absolute Gasteiger partial charge is 0.246 e. The summed E-state index contributed by atoms with van der Waals surface area (Å²) < 4.78 is 0. The van der Waals surface area contributed by atoms with E-state index in [-0.39, 0.29) is 23.6 Å². The Bertz CT molecular complexity index is 1090. The minimum absolute atomic E-state index is 0.0557. The van der Waals surface area contributed by atoms with E-state index in [0.29, 0.717) is 31.8 Å². The van der Waals surface area contributed by atoms with Crippen molar-refractivity contribution >= 4 is 29.1 Å². The average molecular weight is 539 g/mol. The highest BCUT2D eigenvalue weighted by atomic mass is 32.1. The molecule has 1 aliphatic carbocycles. The second-order valence-corrected chi connectivity index (χ2v) is 12.1. The van der Waals surface area contributed by atoms with Crippen molar-refractivity contribution in [2.24, 2.45) is 11.8 Å². The molecule has 2 fully saturated rings. The van der Waals surface area contributed by atoms with Crippen LogP contribution in [0.3, 0.4) is 0 Å². The first kappa shape index (κ1) is 28.3. The SMILES string of the molecule is Cc1ncsc1-c1ccc(CNC(=O)[C@@H]2CCCN2C(=O)[C@@H](NC(=O)CCC(C)C)C2CCCCC2)cc1. The Morgan fingerprint density at radius 3 is 2.45 bits per heavy atom. The summed E-state index contributed by atoms with van der Waals surface area (Å²) in [6, 6.07) is 7.15. The number of nitrogens with one attached hydrogen (secondary N) is 2. The molecule has 0 spiro atoms. The van der Waals surface area contributed by atoms with Crippen LogP contribution >= 0.6 is 11.3 Å². The molecule has 1 saturated carbocycles. The van der Waals surface area contributed by atoms with Crippen LogP contribution in [-0.4, -0.2) is 46.2 Å². The van der Waals surface area contributed by atoms with Gasteiger partial charge in [0.05, 0.1) is 16.1 Å². The molecule has 2 aliphatic rings. The van der Waals surface area contributed by atoms with E-state index in [1.807, 2.05) is 24.6 Å². The van der Waals surface area contributed by atoms with Crippen LogP contribution < -0.4 is 10.6 Å². The van der Waals surface area contributed by atoms with E-state index in [0.717, 1.165) is 60.2 Å². The number of hydrogen-bond acceptors (Lipinski definition) is 5. The Kier molecular flexibility index (Phi) is 9.94. The molecule has 4 rings (SSSR count). The van der Waals surface area contributed by atoms with Gasteiger partial charge >= 0.3 is 0 Å². The molecule has 206 valence electrons. The number of likely N-dealkylation sites (tertiary alicyclic amines) is 1. The molecule has 7 nitrogen and oxygen atoms in total. The molecular formula is C30H42N4O3S. The van der Waals surface area contributed by atoms with Crippen LogP contribution in [0.2, 0.25) is 0 Å². The third kappa shape index (κ3) is 7.22. The van der Waals surface area contributed by atoms with Gasteiger partial charge in [0.15, 0.2) is 0 Å². The summed E-state index contributed by atoms with van der Waals surface area (Å²) >= 11 is 1.62. The maximum Gasteiger partial charge on any atom is 0.246 e. The fraction of sp³-hybridized carbons (Fsp3) is 0.600. The number of hydrogen-bond donors (Lipinski definition) is 2. The summed E-state index contributed by atoms with van der Waals surface area (Å²) in [6.07, 6.45) is 7.92. The van der Waals surface area contributed by atoms with E-state index in [4.69, 9.17) is 0 Å². The molecule has 1 saturated heterocycles. The lowest BCUT2D eigenvalue weighted by molar-refractivity contribution is -0.143. The molecule has 0 radical (unpaired) electrons. The maximum absolute atomic E-state index is 13.8. The van der Waals surface area contributed by atoms with Crippen LogP contribution in [0.25, 0.3) is 10.4 Å². The van der Waals surface area contributed by atoms with Crippen molar-refractivity contribution in [3.63, 3.8) is 0 Å². The molecular weight excluding hydrogens is 496 g/mol. The van der Waals surface area contributed by atoms with Crippen molar-refractivity contribution in [2.75, 3.05) is 6.54 Å². The highest BCUT2D eigenvalue weighted by Crippen LogP contribution is 2.30. The van der Waals surface area contributed by atoms with Gasteiger partial charge in [0.1, 0.15) is 12.1 Å². The number of rotatable bonds is 10. The van der Waals surface area contributed by atoms with E-state index >= 15 is 0 Å². The number of carbonyl (C=O) groups excluding carboxylic acids is 3. The molecule has 1 aromatic carbocycles. The summed E-state index contributed by atoms with van der Waals surface area (Å²) in [5.41, 5.74) is 5.00. The van der Waals surface area contributed by atoms with Crippen LogP contribution in [0.15, 0.2) is 29.8 Å².